The Labute approximate surface area is 150 Å². The van der Waals surface area contributed by atoms with Crippen molar-refractivity contribution < 1.29 is 9.53 Å². The van der Waals surface area contributed by atoms with E-state index in [9.17, 15) is 4.79 Å². The molecule has 128 valence electrons. The molecule has 24 heavy (non-hydrogen) atoms. The van der Waals surface area contributed by atoms with E-state index in [0.717, 1.165) is 36.1 Å². The number of hydrogen-bond donors (Lipinski definition) is 1. The number of hydrogen-bond acceptors (Lipinski definition) is 5. The molecule has 1 aromatic carbocycles. The molecule has 0 aliphatic carbocycles. The molecule has 1 saturated heterocycles. The molecule has 0 radical (unpaired) electrons. The third-order valence-corrected chi connectivity index (χ3v) is 5.05. The Bertz CT molecular complexity index is 689. The van der Waals surface area contributed by atoms with Crippen LogP contribution < -0.4 is 10.1 Å². The highest BCUT2D eigenvalue weighted by Gasteiger charge is 2.23. The van der Waals surface area contributed by atoms with Crippen LogP contribution in [0.15, 0.2) is 29.6 Å². The highest BCUT2D eigenvalue weighted by molar-refractivity contribution is 7.09. The number of ether oxygens (including phenoxy) is 1. The van der Waals surface area contributed by atoms with Gasteiger partial charge in [-0.15, -0.1) is 11.3 Å². The van der Waals surface area contributed by atoms with Gasteiger partial charge >= 0.3 is 0 Å². The minimum atomic E-state index is 0.138. The zero-order valence-corrected chi connectivity index (χ0v) is 15.1. The second-order valence-corrected chi connectivity index (χ2v) is 7.17. The Balaban J connectivity index is 1.53. The zero-order valence-electron chi connectivity index (χ0n) is 13.5. The van der Waals surface area contributed by atoms with Crippen molar-refractivity contribution in [2.45, 2.75) is 26.0 Å². The number of piperazine rings is 1. The van der Waals surface area contributed by atoms with Crippen LogP contribution in [0.25, 0.3) is 0 Å². The van der Waals surface area contributed by atoms with Crippen molar-refractivity contribution in [1.82, 2.24) is 15.2 Å². The van der Waals surface area contributed by atoms with Crippen molar-refractivity contribution in [3.8, 4) is 5.75 Å². The number of amides is 1. The summed E-state index contributed by atoms with van der Waals surface area (Å²) in [7, 11) is 0. The lowest BCUT2D eigenvalue weighted by molar-refractivity contribution is -0.133. The standard InChI is InChI=1S/C17H20ClN3O2S/c1-12-9-19-6-7-21(12)17(22)8-14-11-24-16(20-14)10-23-15-4-2-13(18)3-5-15/h2-5,11-12,19H,6-10H2,1H3. The molecule has 1 amide bonds. The van der Waals surface area contributed by atoms with Gasteiger partial charge in [0.2, 0.25) is 5.91 Å². The predicted octanol–water partition coefficient (Wildman–Crippen LogP) is 2.74. The molecule has 1 aromatic heterocycles. The lowest BCUT2D eigenvalue weighted by Gasteiger charge is -2.33. The summed E-state index contributed by atoms with van der Waals surface area (Å²) in [5.41, 5.74) is 0.811. The SMILES string of the molecule is CC1CNCCN1C(=O)Cc1csc(COc2ccc(Cl)cc2)n1. The number of halogens is 1. The number of carbonyl (C=O) groups excluding carboxylic acids is 1. The van der Waals surface area contributed by atoms with Gasteiger partial charge in [0.25, 0.3) is 0 Å². The van der Waals surface area contributed by atoms with E-state index in [1.165, 1.54) is 11.3 Å². The summed E-state index contributed by atoms with van der Waals surface area (Å²) in [4.78, 5) is 18.9. The van der Waals surface area contributed by atoms with Crippen LogP contribution >= 0.6 is 22.9 Å². The van der Waals surface area contributed by atoms with Gasteiger partial charge < -0.3 is 15.0 Å². The van der Waals surface area contributed by atoms with E-state index in [0.29, 0.717) is 18.1 Å². The molecule has 1 fully saturated rings. The van der Waals surface area contributed by atoms with Gasteiger partial charge in [0.1, 0.15) is 17.4 Å². The van der Waals surface area contributed by atoms with Gasteiger partial charge in [-0.3, -0.25) is 4.79 Å². The fourth-order valence-electron chi connectivity index (χ4n) is 2.64. The van der Waals surface area contributed by atoms with Crippen LogP contribution in [-0.2, 0) is 17.8 Å². The fraction of sp³-hybridized carbons (Fsp3) is 0.412. The van der Waals surface area contributed by atoms with Crippen molar-refractivity contribution in [1.29, 1.82) is 0 Å². The normalized spacial score (nSPS) is 17.8. The van der Waals surface area contributed by atoms with Crippen LogP contribution in [-0.4, -0.2) is 41.5 Å². The summed E-state index contributed by atoms with van der Waals surface area (Å²) in [6.07, 6.45) is 0.349. The molecule has 1 aliphatic rings. The van der Waals surface area contributed by atoms with E-state index in [4.69, 9.17) is 16.3 Å². The van der Waals surface area contributed by atoms with Gasteiger partial charge in [-0.1, -0.05) is 11.6 Å². The number of nitrogens with zero attached hydrogens (tertiary/aromatic N) is 2. The van der Waals surface area contributed by atoms with E-state index in [1.54, 1.807) is 12.1 Å². The first-order valence-corrected chi connectivity index (χ1v) is 9.19. The van der Waals surface area contributed by atoms with Crippen molar-refractivity contribution in [3.63, 3.8) is 0 Å². The first-order chi connectivity index (χ1) is 11.6. The Morgan fingerprint density at radius 3 is 3.00 bits per heavy atom. The van der Waals surface area contributed by atoms with Crippen LogP contribution in [0.3, 0.4) is 0 Å². The molecule has 0 bridgehead atoms. The van der Waals surface area contributed by atoms with Crippen molar-refractivity contribution in [2.24, 2.45) is 0 Å². The molecule has 2 aromatic rings. The topological polar surface area (TPSA) is 54.5 Å². The van der Waals surface area contributed by atoms with Gasteiger partial charge in [0.15, 0.2) is 0 Å². The molecule has 0 saturated carbocycles. The van der Waals surface area contributed by atoms with E-state index in [1.807, 2.05) is 22.4 Å². The maximum absolute atomic E-state index is 12.4. The van der Waals surface area contributed by atoms with Crippen LogP contribution in [0.1, 0.15) is 17.6 Å². The number of rotatable bonds is 5. The van der Waals surface area contributed by atoms with Crippen molar-refractivity contribution in [2.75, 3.05) is 19.6 Å². The molecule has 1 aliphatic heterocycles. The quantitative estimate of drug-likeness (QED) is 0.885. The summed E-state index contributed by atoms with van der Waals surface area (Å²) in [6, 6.07) is 7.46. The van der Waals surface area contributed by atoms with Crippen LogP contribution in [0, 0.1) is 0 Å². The van der Waals surface area contributed by atoms with E-state index in [2.05, 4.69) is 17.2 Å². The third-order valence-electron chi connectivity index (χ3n) is 3.93. The minimum absolute atomic E-state index is 0.138. The molecular weight excluding hydrogens is 346 g/mol. The number of nitrogens with one attached hydrogen (secondary N) is 1. The molecule has 3 rings (SSSR count). The second-order valence-electron chi connectivity index (χ2n) is 5.79. The molecule has 1 atom stereocenters. The number of aromatic nitrogens is 1. The van der Waals surface area contributed by atoms with Crippen LogP contribution in [0.4, 0.5) is 0 Å². The Kier molecular flexibility index (Phi) is 5.71. The van der Waals surface area contributed by atoms with Crippen LogP contribution in [0.2, 0.25) is 5.02 Å². The first kappa shape index (κ1) is 17.2. The smallest absolute Gasteiger partial charge is 0.228 e. The molecule has 1 unspecified atom stereocenters. The predicted molar refractivity (Wildman–Crippen MR) is 95.6 cm³/mol. The molecular formula is C17H20ClN3O2S. The number of carbonyl (C=O) groups is 1. The minimum Gasteiger partial charge on any atom is -0.486 e. The van der Waals surface area contributed by atoms with Crippen LogP contribution in [0.5, 0.6) is 5.75 Å². The molecule has 5 nitrogen and oxygen atoms in total. The number of thiazole rings is 1. The Morgan fingerprint density at radius 2 is 2.25 bits per heavy atom. The van der Waals surface area contributed by atoms with E-state index >= 15 is 0 Å². The van der Waals surface area contributed by atoms with E-state index < -0.39 is 0 Å². The molecule has 2 heterocycles. The van der Waals surface area contributed by atoms with Gasteiger partial charge in [0.05, 0.1) is 12.1 Å². The third kappa shape index (κ3) is 4.47. The van der Waals surface area contributed by atoms with Crippen molar-refractivity contribution >= 4 is 28.8 Å². The molecule has 0 spiro atoms. The van der Waals surface area contributed by atoms with Gasteiger partial charge in [0, 0.05) is 36.1 Å². The fourth-order valence-corrected chi connectivity index (χ4v) is 3.47. The molecule has 7 heteroatoms. The highest BCUT2D eigenvalue weighted by Crippen LogP contribution is 2.18. The monoisotopic (exact) mass is 365 g/mol. The second kappa shape index (κ2) is 7.96. The highest BCUT2D eigenvalue weighted by atomic mass is 35.5. The summed E-state index contributed by atoms with van der Waals surface area (Å²) in [6.45, 7) is 4.92. The number of benzene rings is 1. The molecule has 1 N–H and O–H groups in total. The van der Waals surface area contributed by atoms with E-state index in [-0.39, 0.29) is 11.9 Å². The Morgan fingerprint density at radius 1 is 1.46 bits per heavy atom. The summed E-state index contributed by atoms with van der Waals surface area (Å²) >= 11 is 7.37. The first-order valence-electron chi connectivity index (χ1n) is 7.93. The zero-order chi connectivity index (χ0) is 16.9. The van der Waals surface area contributed by atoms with Gasteiger partial charge in [-0.25, -0.2) is 4.98 Å². The maximum Gasteiger partial charge on any atom is 0.228 e. The van der Waals surface area contributed by atoms with Gasteiger partial charge in [-0.05, 0) is 31.2 Å². The lowest BCUT2D eigenvalue weighted by atomic mass is 10.2. The summed E-state index contributed by atoms with van der Waals surface area (Å²) in [5.74, 6) is 0.890. The summed E-state index contributed by atoms with van der Waals surface area (Å²) in [5, 5.41) is 6.77. The maximum atomic E-state index is 12.4. The van der Waals surface area contributed by atoms with Gasteiger partial charge in [-0.2, -0.15) is 0 Å². The van der Waals surface area contributed by atoms with Crippen molar-refractivity contribution in [3.05, 3.63) is 45.4 Å². The summed E-state index contributed by atoms with van der Waals surface area (Å²) < 4.78 is 5.68. The lowest BCUT2D eigenvalue weighted by Crippen LogP contribution is -2.52. The largest absolute Gasteiger partial charge is 0.486 e. The average Bonchev–Trinajstić information content (AvgIpc) is 3.02. The average molecular weight is 366 g/mol. The Hall–Kier alpha value is -1.63.